The Morgan fingerprint density at radius 3 is 2.52 bits per heavy atom. The standard InChI is InChI=1S/C17H22N4O5S/c1-9-10(2)19-20(4)16(24)13(9)15-18-11(3)14(27-15)17(25)21(6-7-26-5)8-12(22)23/h6-8H2,1-5H3,(H,22,23). The van der Waals surface area contributed by atoms with Crippen molar-refractivity contribution in [1.29, 1.82) is 0 Å². The van der Waals surface area contributed by atoms with Gasteiger partial charge < -0.3 is 14.7 Å². The van der Waals surface area contributed by atoms with Crippen LogP contribution in [0.3, 0.4) is 0 Å². The summed E-state index contributed by atoms with van der Waals surface area (Å²) in [5, 5.41) is 13.6. The van der Waals surface area contributed by atoms with E-state index in [-0.39, 0.29) is 18.7 Å². The minimum Gasteiger partial charge on any atom is -0.480 e. The van der Waals surface area contributed by atoms with E-state index in [1.165, 1.54) is 16.7 Å². The van der Waals surface area contributed by atoms with E-state index in [9.17, 15) is 14.4 Å². The maximum absolute atomic E-state index is 12.8. The number of aromatic nitrogens is 3. The smallest absolute Gasteiger partial charge is 0.323 e. The summed E-state index contributed by atoms with van der Waals surface area (Å²) in [6.45, 7) is 5.16. The molecule has 146 valence electrons. The zero-order chi connectivity index (χ0) is 20.3. The van der Waals surface area contributed by atoms with Gasteiger partial charge in [-0.3, -0.25) is 14.4 Å². The lowest BCUT2D eigenvalue weighted by Gasteiger charge is -2.19. The second kappa shape index (κ2) is 8.40. The van der Waals surface area contributed by atoms with Crippen molar-refractivity contribution in [2.45, 2.75) is 20.8 Å². The van der Waals surface area contributed by atoms with E-state index in [4.69, 9.17) is 9.84 Å². The average Bonchev–Trinajstić information content (AvgIpc) is 2.97. The second-order valence-corrected chi connectivity index (χ2v) is 7.06. The molecule has 2 heterocycles. The van der Waals surface area contributed by atoms with Crippen molar-refractivity contribution in [1.82, 2.24) is 19.7 Å². The number of hydrogen-bond donors (Lipinski definition) is 1. The summed E-state index contributed by atoms with van der Waals surface area (Å²) in [5.41, 5.74) is 1.95. The predicted molar refractivity (Wildman–Crippen MR) is 100 cm³/mol. The van der Waals surface area contributed by atoms with Gasteiger partial charge >= 0.3 is 5.97 Å². The number of thiazole rings is 1. The van der Waals surface area contributed by atoms with Gasteiger partial charge in [0.1, 0.15) is 16.4 Å². The molecular weight excluding hydrogens is 372 g/mol. The molecule has 1 amide bonds. The molecule has 0 aromatic carbocycles. The third kappa shape index (κ3) is 4.40. The first-order valence-electron chi connectivity index (χ1n) is 8.19. The molecule has 0 radical (unpaired) electrons. The molecule has 0 saturated carbocycles. The molecule has 0 aliphatic heterocycles. The van der Waals surface area contributed by atoms with Crippen molar-refractivity contribution in [3.8, 4) is 10.6 Å². The number of methoxy groups -OCH3 is 1. The molecule has 10 heteroatoms. The Morgan fingerprint density at radius 2 is 1.93 bits per heavy atom. The van der Waals surface area contributed by atoms with Crippen LogP contribution in [0.25, 0.3) is 10.6 Å². The summed E-state index contributed by atoms with van der Waals surface area (Å²) < 4.78 is 6.19. The molecule has 9 nitrogen and oxygen atoms in total. The van der Waals surface area contributed by atoms with Crippen LogP contribution in [-0.4, -0.2) is 63.5 Å². The monoisotopic (exact) mass is 394 g/mol. The second-order valence-electron chi connectivity index (χ2n) is 6.06. The molecule has 2 aromatic heterocycles. The van der Waals surface area contributed by atoms with Crippen LogP contribution >= 0.6 is 11.3 Å². The van der Waals surface area contributed by atoms with Crippen LogP contribution in [-0.2, 0) is 16.6 Å². The highest BCUT2D eigenvalue weighted by atomic mass is 32.1. The van der Waals surface area contributed by atoms with Gasteiger partial charge in [0.25, 0.3) is 11.5 Å². The number of carbonyl (C=O) groups is 2. The summed E-state index contributed by atoms with van der Waals surface area (Å²) in [6.07, 6.45) is 0. The minimum absolute atomic E-state index is 0.142. The minimum atomic E-state index is -1.11. The number of carboxylic acids is 1. The SMILES string of the molecule is COCCN(CC(=O)O)C(=O)c1sc(-c2c(C)c(C)nn(C)c2=O)nc1C. The molecule has 0 aliphatic carbocycles. The topological polar surface area (TPSA) is 115 Å². The Labute approximate surface area is 160 Å². The van der Waals surface area contributed by atoms with Gasteiger partial charge in [0.15, 0.2) is 0 Å². The first-order chi connectivity index (χ1) is 12.7. The first-order valence-corrected chi connectivity index (χ1v) is 9.01. The van der Waals surface area contributed by atoms with Crippen LogP contribution in [0.5, 0.6) is 0 Å². The highest BCUT2D eigenvalue weighted by molar-refractivity contribution is 7.17. The van der Waals surface area contributed by atoms with Gasteiger partial charge in [0, 0.05) is 20.7 Å². The van der Waals surface area contributed by atoms with Gasteiger partial charge in [-0.05, 0) is 26.3 Å². The molecule has 0 unspecified atom stereocenters. The van der Waals surface area contributed by atoms with E-state index < -0.39 is 18.4 Å². The largest absolute Gasteiger partial charge is 0.480 e. The highest BCUT2D eigenvalue weighted by Crippen LogP contribution is 2.29. The number of amides is 1. The fourth-order valence-corrected chi connectivity index (χ4v) is 3.69. The van der Waals surface area contributed by atoms with Gasteiger partial charge in [0.2, 0.25) is 0 Å². The van der Waals surface area contributed by atoms with Crippen molar-refractivity contribution in [3.05, 3.63) is 32.2 Å². The molecule has 0 aliphatic rings. The van der Waals surface area contributed by atoms with Crippen molar-refractivity contribution in [3.63, 3.8) is 0 Å². The maximum Gasteiger partial charge on any atom is 0.323 e. The van der Waals surface area contributed by atoms with Gasteiger partial charge in [-0.1, -0.05) is 0 Å². The number of ether oxygens (including phenoxy) is 1. The molecule has 27 heavy (non-hydrogen) atoms. The Kier molecular flexibility index (Phi) is 6.45. The Bertz CT molecular complexity index is 934. The van der Waals surface area contributed by atoms with Crippen molar-refractivity contribution < 1.29 is 19.4 Å². The summed E-state index contributed by atoms with van der Waals surface area (Å²) in [4.78, 5) is 42.4. The maximum atomic E-state index is 12.8. The summed E-state index contributed by atoms with van der Waals surface area (Å²) in [7, 11) is 3.04. The summed E-state index contributed by atoms with van der Waals surface area (Å²) in [6, 6.07) is 0. The number of nitrogens with zero attached hydrogens (tertiary/aromatic N) is 4. The van der Waals surface area contributed by atoms with Crippen LogP contribution in [0.1, 0.15) is 26.6 Å². The molecule has 0 bridgehead atoms. The molecule has 0 saturated heterocycles. The number of rotatable bonds is 7. The predicted octanol–water partition coefficient (Wildman–Crippen LogP) is 1.00. The Hall–Kier alpha value is -2.59. The van der Waals surface area contributed by atoms with E-state index in [0.29, 0.717) is 32.4 Å². The lowest BCUT2D eigenvalue weighted by molar-refractivity contribution is -0.137. The summed E-state index contributed by atoms with van der Waals surface area (Å²) in [5.74, 6) is -1.56. The third-order valence-electron chi connectivity index (χ3n) is 4.11. The molecule has 0 spiro atoms. The fraction of sp³-hybridized carbons (Fsp3) is 0.471. The molecule has 0 atom stereocenters. The van der Waals surface area contributed by atoms with Crippen LogP contribution in [0, 0.1) is 20.8 Å². The van der Waals surface area contributed by atoms with Gasteiger partial charge in [-0.2, -0.15) is 5.10 Å². The normalized spacial score (nSPS) is 10.9. The van der Waals surface area contributed by atoms with Crippen LogP contribution in [0.4, 0.5) is 0 Å². The van der Waals surface area contributed by atoms with E-state index in [2.05, 4.69) is 10.1 Å². The molecule has 1 N–H and O–H groups in total. The lowest BCUT2D eigenvalue weighted by atomic mass is 10.1. The molecule has 2 aromatic rings. The van der Waals surface area contributed by atoms with Crippen molar-refractivity contribution in [2.24, 2.45) is 7.05 Å². The van der Waals surface area contributed by atoms with Crippen molar-refractivity contribution >= 4 is 23.2 Å². The third-order valence-corrected chi connectivity index (χ3v) is 5.27. The van der Waals surface area contributed by atoms with Crippen LogP contribution in [0.15, 0.2) is 4.79 Å². The van der Waals surface area contributed by atoms with Crippen molar-refractivity contribution in [2.75, 3.05) is 26.8 Å². The molecule has 2 rings (SSSR count). The number of carbonyl (C=O) groups excluding carboxylic acids is 1. The quantitative estimate of drug-likeness (QED) is 0.745. The van der Waals surface area contributed by atoms with E-state index in [0.717, 1.165) is 11.3 Å². The highest BCUT2D eigenvalue weighted by Gasteiger charge is 2.25. The molecule has 0 fully saturated rings. The number of hydrogen-bond acceptors (Lipinski definition) is 7. The van der Waals surface area contributed by atoms with Crippen LogP contribution in [0.2, 0.25) is 0 Å². The van der Waals surface area contributed by atoms with Gasteiger partial charge in [0.05, 0.1) is 23.6 Å². The zero-order valence-corrected chi connectivity index (χ0v) is 16.7. The van der Waals surface area contributed by atoms with E-state index >= 15 is 0 Å². The number of aryl methyl sites for hydroxylation is 3. The number of carboxylic acid groups (broad SMARTS) is 1. The lowest BCUT2D eigenvalue weighted by Crippen LogP contribution is -2.37. The Balaban J connectivity index is 2.48. The first kappa shape index (κ1) is 20.7. The molecular formula is C17H22N4O5S. The summed E-state index contributed by atoms with van der Waals surface area (Å²) >= 11 is 1.08. The number of aliphatic carboxylic acids is 1. The Morgan fingerprint density at radius 1 is 1.26 bits per heavy atom. The zero-order valence-electron chi connectivity index (χ0n) is 15.9. The van der Waals surface area contributed by atoms with E-state index in [1.54, 1.807) is 27.8 Å². The van der Waals surface area contributed by atoms with Crippen LogP contribution < -0.4 is 5.56 Å². The van der Waals surface area contributed by atoms with E-state index in [1.807, 2.05) is 0 Å². The fourth-order valence-electron chi connectivity index (χ4n) is 2.56. The average molecular weight is 394 g/mol. The van der Waals surface area contributed by atoms with Gasteiger partial charge in [-0.25, -0.2) is 9.67 Å². The van der Waals surface area contributed by atoms with Gasteiger partial charge in [-0.15, -0.1) is 11.3 Å².